The number of aryl methyl sites for hydroxylation is 2. The monoisotopic (exact) mass is 532 g/mol. The number of hydrazone groups is 1. The number of ether oxygens (including phenoxy) is 2. The van der Waals surface area contributed by atoms with E-state index < -0.39 is 11.9 Å². The Labute approximate surface area is 203 Å². The van der Waals surface area contributed by atoms with Crippen molar-refractivity contribution in [3.05, 3.63) is 49.3 Å². The molecule has 2 aromatic heterocycles. The average Bonchev–Trinajstić information content (AvgIpc) is 3.19. The number of benzene rings is 1. The zero-order valence-electron chi connectivity index (χ0n) is 18.7. The fourth-order valence-corrected chi connectivity index (χ4v) is 5.72. The predicted octanol–water partition coefficient (Wildman–Crippen LogP) is 4.22. The van der Waals surface area contributed by atoms with E-state index in [4.69, 9.17) is 9.47 Å². The predicted molar refractivity (Wildman–Crippen MR) is 133 cm³/mol. The second-order valence-electron chi connectivity index (χ2n) is 7.73. The molecule has 1 aromatic carbocycles. The molecule has 2 heterocycles. The van der Waals surface area contributed by atoms with Crippen molar-refractivity contribution in [3.8, 4) is 11.5 Å². The number of carbonyl (C=O) groups is 1. The highest BCUT2D eigenvalue weighted by molar-refractivity contribution is 9.10. The molecule has 4 rings (SSSR count). The minimum Gasteiger partial charge on any atom is -0.493 e. The summed E-state index contributed by atoms with van der Waals surface area (Å²) in [6, 6.07) is 2.82. The number of methoxy groups -OCH3 is 1. The lowest BCUT2D eigenvalue weighted by atomic mass is 9.97. The maximum absolute atomic E-state index is 13.2. The lowest BCUT2D eigenvalue weighted by Crippen LogP contribution is -2.34. The first-order valence-electron chi connectivity index (χ1n) is 10.8. The van der Waals surface area contributed by atoms with E-state index in [0.29, 0.717) is 29.1 Å². The van der Waals surface area contributed by atoms with Crippen LogP contribution in [0, 0.1) is 0 Å². The zero-order valence-corrected chi connectivity index (χ0v) is 21.1. The highest BCUT2D eigenvalue weighted by Gasteiger charge is 2.23. The number of halogens is 1. The summed E-state index contributed by atoms with van der Waals surface area (Å²) in [5, 5.41) is 4.72. The molecule has 8 nitrogen and oxygen atoms in total. The first-order chi connectivity index (χ1) is 15.9. The van der Waals surface area contributed by atoms with Crippen molar-refractivity contribution in [2.45, 2.75) is 45.6 Å². The Bertz CT molecular complexity index is 1280. The summed E-state index contributed by atoms with van der Waals surface area (Å²) in [5.74, 6) is 0.751. The molecule has 0 spiro atoms. The molecular formula is C23H25BrN4O4S. The summed E-state index contributed by atoms with van der Waals surface area (Å²) in [6.45, 7) is 4.06. The van der Waals surface area contributed by atoms with E-state index in [0.717, 1.165) is 40.5 Å². The summed E-state index contributed by atoms with van der Waals surface area (Å²) in [6.07, 6.45) is 7.06. The Morgan fingerprint density at radius 1 is 1.39 bits per heavy atom. The minimum atomic E-state index is -0.757. The molecule has 1 aliphatic rings. The molecule has 0 radical (unpaired) electrons. The SMILES string of the molecule is CCOc1c(Br)cc(/C=N\NC(=O)[C@H](C)n2cnc3sc4c(c3c2=O)CCCC4)cc1OC. The summed E-state index contributed by atoms with van der Waals surface area (Å²) < 4.78 is 13.1. The van der Waals surface area contributed by atoms with Gasteiger partial charge < -0.3 is 9.47 Å². The van der Waals surface area contributed by atoms with E-state index in [9.17, 15) is 9.59 Å². The van der Waals surface area contributed by atoms with Crippen molar-refractivity contribution in [3.63, 3.8) is 0 Å². The third-order valence-electron chi connectivity index (χ3n) is 5.63. The zero-order chi connectivity index (χ0) is 23.5. The number of nitrogens with one attached hydrogen (secondary N) is 1. The van der Waals surface area contributed by atoms with Gasteiger partial charge >= 0.3 is 0 Å². The molecule has 1 atom stereocenters. The summed E-state index contributed by atoms with van der Waals surface area (Å²) >= 11 is 5.06. The molecule has 0 saturated heterocycles. The highest BCUT2D eigenvalue weighted by Crippen LogP contribution is 2.36. The number of hydrogen-bond donors (Lipinski definition) is 1. The molecule has 0 fully saturated rings. The molecule has 1 N–H and O–H groups in total. The van der Waals surface area contributed by atoms with Crippen LogP contribution in [0.2, 0.25) is 0 Å². The number of nitrogens with zero attached hydrogens (tertiary/aromatic N) is 3. The van der Waals surface area contributed by atoms with Crippen molar-refractivity contribution >= 4 is 49.6 Å². The fourth-order valence-electron chi connectivity index (χ4n) is 3.92. The van der Waals surface area contributed by atoms with Crippen LogP contribution in [0.15, 0.2) is 32.8 Å². The van der Waals surface area contributed by atoms with E-state index in [1.165, 1.54) is 22.0 Å². The maximum atomic E-state index is 13.2. The quantitative estimate of drug-likeness (QED) is 0.363. The van der Waals surface area contributed by atoms with E-state index in [2.05, 4.69) is 31.4 Å². The lowest BCUT2D eigenvalue weighted by molar-refractivity contribution is -0.123. The molecule has 0 unspecified atom stereocenters. The average molecular weight is 533 g/mol. The largest absolute Gasteiger partial charge is 0.493 e. The van der Waals surface area contributed by atoms with Crippen molar-refractivity contribution in [1.29, 1.82) is 0 Å². The lowest BCUT2D eigenvalue weighted by Gasteiger charge is -2.14. The fraction of sp³-hybridized carbons (Fsp3) is 0.391. The Kier molecular flexibility index (Phi) is 7.14. The van der Waals surface area contributed by atoms with Gasteiger partial charge in [0.05, 0.1) is 36.1 Å². The van der Waals surface area contributed by atoms with Crippen LogP contribution < -0.4 is 20.5 Å². The Hall–Kier alpha value is -2.72. The molecule has 10 heteroatoms. The summed E-state index contributed by atoms with van der Waals surface area (Å²) in [5.41, 5.74) is 4.15. The molecule has 174 valence electrons. The van der Waals surface area contributed by atoms with Crippen LogP contribution in [-0.2, 0) is 17.6 Å². The van der Waals surface area contributed by atoms with Gasteiger partial charge in [-0.3, -0.25) is 14.2 Å². The number of amides is 1. The summed E-state index contributed by atoms with van der Waals surface area (Å²) in [7, 11) is 1.56. The number of carbonyl (C=O) groups excluding carboxylic acids is 1. The smallest absolute Gasteiger partial charge is 0.263 e. The van der Waals surface area contributed by atoms with Gasteiger partial charge in [-0.2, -0.15) is 5.10 Å². The molecule has 1 amide bonds. The van der Waals surface area contributed by atoms with E-state index in [1.807, 2.05) is 13.0 Å². The second-order valence-corrected chi connectivity index (χ2v) is 9.66. The Morgan fingerprint density at radius 2 is 2.18 bits per heavy atom. The van der Waals surface area contributed by atoms with E-state index in [1.54, 1.807) is 31.4 Å². The van der Waals surface area contributed by atoms with Crippen LogP contribution in [0.3, 0.4) is 0 Å². The van der Waals surface area contributed by atoms with Crippen LogP contribution >= 0.6 is 27.3 Å². The van der Waals surface area contributed by atoms with E-state index >= 15 is 0 Å². The third kappa shape index (κ3) is 4.67. The van der Waals surface area contributed by atoms with Gasteiger partial charge in [-0.15, -0.1) is 11.3 Å². The number of aromatic nitrogens is 2. The molecule has 3 aromatic rings. The highest BCUT2D eigenvalue weighted by atomic mass is 79.9. The molecule has 0 saturated carbocycles. The van der Waals surface area contributed by atoms with Gasteiger partial charge in [0.15, 0.2) is 11.5 Å². The van der Waals surface area contributed by atoms with Gasteiger partial charge in [-0.1, -0.05) is 0 Å². The van der Waals surface area contributed by atoms with Crippen LogP contribution in [0.5, 0.6) is 11.5 Å². The molecular weight excluding hydrogens is 508 g/mol. The van der Waals surface area contributed by atoms with Crippen LogP contribution in [0.4, 0.5) is 0 Å². The van der Waals surface area contributed by atoms with Crippen LogP contribution in [0.25, 0.3) is 10.2 Å². The first-order valence-corrected chi connectivity index (χ1v) is 12.4. The normalized spacial score (nSPS) is 14.3. The van der Waals surface area contributed by atoms with Gasteiger partial charge in [-0.25, -0.2) is 10.4 Å². The molecule has 33 heavy (non-hydrogen) atoms. The van der Waals surface area contributed by atoms with Crippen molar-refractivity contribution in [1.82, 2.24) is 15.0 Å². The second kappa shape index (κ2) is 10.0. The summed E-state index contributed by atoms with van der Waals surface area (Å²) in [4.78, 5) is 32.4. The third-order valence-corrected chi connectivity index (χ3v) is 7.41. The number of rotatable bonds is 7. The van der Waals surface area contributed by atoms with Gasteiger partial charge in [0.2, 0.25) is 0 Å². The van der Waals surface area contributed by atoms with Crippen molar-refractivity contribution in [2.75, 3.05) is 13.7 Å². The minimum absolute atomic E-state index is 0.175. The maximum Gasteiger partial charge on any atom is 0.263 e. The first kappa shape index (κ1) is 23.4. The van der Waals surface area contributed by atoms with Gasteiger partial charge in [-0.05, 0) is 78.7 Å². The molecule has 1 aliphatic carbocycles. The van der Waals surface area contributed by atoms with Crippen LogP contribution in [0.1, 0.15) is 48.7 Å². The number of fused-ring (bicyclic) bond motifs is 3. The van der Waals surface area contributed by atoms with Gasteiger partial charge in [0.1, 0.15) is 10.9 Å². The Morgan fingerprint density at radius 3 is 2.94 bits per heavy atom. The van der Waals surface area contributed by atoms with Crippen LogP contribution in [-0.4, -0.2) is 35.4 Å². The molecule has 0 bridgehead atoms. The van der Waals surface area contributed by atoms with E-state index in [-0.39, 0.29) is 5.56 Å². The number of thiophene rings is 1. The Balaban J connectivity index is 1.52. The van der Waals surface area contributed by atoms with Gasteiger partial charge in [0.25, 0.3) is 11.5 Å². The molecule has 0 aliphatic heterocycles. The standard InChI is InChI=1S/C23H25BrN4O4S/c1-4-32-20-16(24)9-14(10-17(20)31-3)11-26-27-21(29)13(2)28-12-25-22-19(23(28)30)15-7-5-6-8-18(15)33-22/h9-13H,4-8H2,1-3H3,(H,27,29)/b26-11-/t13-/m0/s1. The van der Waals surface area contributed by atoms with Crippen molar-refractivity contribution < 1.29 is 14.3 Å². The van der Waals surface area contributed by atoms with Gasteiger partial charge in [0, 0.05) is 4.88 Å². The van der Waals surface area contributed by atoms with Crippen molar-refractivity contribution in [2.24, 2.45) is 5.10 Å². The number of hydrogen-bond acceptors (Lipinski definition) is 7. The topological polar surface area (TPSA) is 94.8 Å².